The van der Waals surface area contributed by atoms with Gasteiger partial charge in [-0.05, 0) is 24.1 Å². The number of guanidine groups is 1. The monoisotopic (exact) mass is 410 g/mol. The Morgan fingerprint density at radius 1 is 1.21 bits per heavy atom. The lowest BCUT2D eigenvalue weighted by atomic mass is 10.0. The van der Waals surface area contributed by atoms with Crippen molar-refractivity contribution in [3.05, 3.63) is 59.8 Å². The maximum absolute atomic E-state index is 12.3. The summed E-state index contributed by atoms with van der Waals surface area (Å²) in [6, 6.07) is 12.7. The smallest absolute Gasteiger partial charge is 0.422 e. The van der Waals surface area contributed by atoms with Crippen LogP contribution in [0.5, 0.6) is 5.88 Å². The third-order valence-electron chi connectivity index (χ3n) is 3.95. The first-order chi connectivity index (χ1) is 13.9. The summed E-state index contributed by atoms with van der Waals surface area (Å²) in [7, 11) is 0. The second-order valence-corrected chi connectivity index (χ2v) is 6.27. The number of aliphatic imine (C=N–C) groups is 1. The molecule has 1 aromatic carbocycles. The van der Waals surface area contributed by atoms with E-state index in [0.717, 1.165) is 5.56 Å². The van der Waals surface area contributed by atoms with Crippen LogP contribution in [0.2, 0.25) is 0 Å². The highest BCUT2D eigenvalue weighted by atomic mass is 19.4. The van der Waals surface area contributed by atoms with Crippen LogP contribution >= 0.6 is 0 Å². The molecule has 0 aliphatic rings. The first-order valence-corrected chi connectivity index (χ1v) is 9.23. The molecule has 1 aromatic heterocycles. The van der Waals surface area contributed by atoms with E-state index in [2.05, 4.69) is 25.3 Å². The van der Waals surface area contributed by atoms with Gasteiger partial charge < -0.3 is 20.5 Å². The molecule has 3 N–H and O–H groups in total. The van der Waals surface area contributed by atoms with E-state index >= 15 is 0 Å². The van der Waals surface area contributed by atoms with Gasteiger partial charge in [-0.2, -0.15) is 13.2 Å². The number of aliphatic hydroxyl groups is 1. The van der Waals surface area contributed by atoms with Gasteiger partial charge in [-0.15, -0.1) is 0 Å². The Bertz CT molecular complexity index is 770. The number of halogens is 3. The van der Waals surface area contributed by atoms with Crippen LogP contribution in [-0.4, -0.2) is 48.5 Å². The highest BCUT2D eigenvalue weighted by Gasteiger charge is 2.28. The van der Waals surface area contributed by atoms with Gasteiger partial charge in [0.2, 0.25) is 5.88 Å². The highest BCUT2D eigenvalue weighted by molar-refractivity contribution is 5.79. The van der Waals surface area contributed by atoms with Gasteiger partial charge in [0.1, 0.15) is 0 Å². The number of ether oxygens (including phenoxy) is 1. The van der Waals surface area contributed by atoms with E-state index in [-0.39, 0.29) is 24.9 Å². The molecule has 29 heavy (non-hydrogen) atoms. The molecular weight excluding hydrogens is 385 g/mol. The molecule has 0 spiro atoms. The zero-order valence-corrected chi connectivity index (χ0v) is 16.1. The van der Waals surface area contributed by atoms with Crippen LogP contribution in [0.4, 0.5) is 13.2 Å². The zero-order chi connectivity index (χ0) is 21.1. The van der Waals surface area contributed by atoms with Crippen molar-refractivity contribution in [2.24, 2.45) is 4.99 Å². The Labute approximate surface area is 167 Å². The van der Waals surface area contributed by atoms with E-state index in [0.29, 0.717) is 24.6 Å². The number of alkyl halides is 3. The van der Waals surface area contributed by atoms with Crippen molar-refractivity contribution in [3.8, 4) is 5.88 Å². The Morgan fingerprint density at radius 3 is 2.62 bits per heavy atom. The van der Waals surface area contributed by atoms with Crippen LogP contribution in [0.15, 0.2) is 53.7 Å². The van der Waals surface area contributed by atoms with Crippen LogP contribution in [0.3, 0.4) is 0 Å². The van der Waals surface area contributed by atoms with Gasteiger partial charge in [0, 0.05) is 31.3 Å². The average Bonchev–Trinajstić information content (AvgIpc) is 2.71. The average molecular weight is 410 g/mol. The third-order valence-corrected chi connectivity index (χ3v) is 3.95. The molecule has 0 amide bonds. The Hall–Kier alpha value is -2.81. The predicted octanol–water partition coefficient (Wildman–Crippen LogP) is 2.85. The molecule has 0 fully saturated rings. The molecule has 2 aromatic rings. The summed E-state index contributed by atoms with van der Waals surface area (Å²) in [5.41, 5.74) is 1.68. The van der Waals surface area contributed by atoms with Crippen molar-refractivity contribution in [1.82, 2.24) is 15.6 Å². The van der Waals surface area contributed by atoms with Gasteiger partial charge >= 0.3 is 6.18 Å². The standard InChI is InChI=1S/C20H25F3N4O2/c1-2-24-19(27-12-17(13-28)16-6-4-3-5-7-16)26-11-15-8-9-25-18(10-15)29-14-20(21,22)23/h3-10,17,28H,2,11-14H2,1H3,(H2,24,26,27). The summed E-state index contributed by atoms with van der Waals surface area (Å²) in [5.74, 6) is 0.345. The molecule has 9 heteroatoms. The van der Waals surface area contributed by atoms with Crippen molar-refractivity contribution in [1.29, 1.82) is 0 Å². The second-order valence-electron chi connectivity index (χ2n) is 6.27. The van der Waals surface area contributed by atoms with E-state index in [4.69, 9.17) is 0 Å². The molecule has 0 saturated carbocycles. The highest BCUT2D eigenvalue weighted by Crippen LogP contribution is 2.18. The predicted molar refractivity (Wildman–Crippen MR) is 105 cm³/mol. The number of pyridine rings is 1. The summed E-state index contributed by atoms with van der Waals surface area (Å²) in [6.07, 6.45) is -3.03. The van der Waals surface area contributed by atoms with Crippen LogP contribution in [0, 0.1) is 0 Å². The van der Waals surface area contributed by atoms with E-state index in [1.807, 2.05) is 37.3 Å². The SMILES string of the molecule is CCNC(=NCc1ccnc(OCC(F)(F)F)c1)NCC(CO)c1ccccc1. The van der Waals surface area contributed by atoms with Crippen molar-refractivity contribution in [2.45, 2.75) is 25.6 Å². The molecule has 0 radical (unpaired) electrons. The van der Waals surface area contributed by atoms with Gasteiger partial charge in [-0.1, -0.05) is 30.3 Å². The molecule has 0 aliphatic heterocycles. The molecule has 1 atom stereocenters. The van der Waals surface area contributed by atoms with E-state index in [1.165, 1.54) is 12.3 Å². The van der Waals surface area contributed by atoms with Crippen LogP contribution in [-0.2, 0) is 6.54 Å². The molecule has 2 rings (SSSR count). The van der Waals surface area contributed by atoms with E-state index in [9.17, 15) is 18.3 Å². The summed E-state index contributed by atoms with van der Waals surface area (Å²) in [5, 5.41) is 16.0. The molecular formula is C20H25F3N4O2. The van der Waals surface area contributed by atoms with Gasteiger partial charge in [0.25, 0.3) is 0 Å². The number of nitrogens with zero attached hydrogens (tertiary/aromatic N) is 2. The largest absolute Gasteiger partial charge is 0.468 e. The molecule has 0 bridgehead atoms. The fourth-order valence-electron chi connectivity index (χ4n) is 2.53. The number of nitrogens with one attached hydrogen (secondary N) is 2. The lowest BCUT2D eigenvalue weighted by molar-refractivity contribution is -0.154. The van der Waals surface area contributed by atoms with E-state index < -0.39 is 12.8 Å². The lowest BCUT2D eigenvalue weighted by Crippen LogP contribution is -2.39. The maximum Gasteiger partial charge on any atom is 0.422 e. The van der Waals surface area contributed by atoms with Crippen LogP contribution in [0.1, 0.15) is 24.0 Å². The molecule has 1 unspecified atom stereocenters. The van der Waals surface area contributed by atoms with Gasteiger partial charge in [0.15, 0.2) is 12.6 Å². The van der Waals surface area contributed by atoms with E-state index in [1.54, 1.807) is 6.07 Å². The minimum Gasteiger partial charge on any atom is -0.468 e. The molecule has 1 heterocycles. The number of rotatable bonds is 9. The fraction of sp³-hybridized carbons (Fsp3) is 0.400. The van der Waals surface area contributed by atoms with Crippen molar-refractivity contribution >= 4 is 5.96 Å². The number of aliphatic hydroxyl groups excluding tert-OH is 1. The number of aromatic nitrogens is 1. The quantitative estimate of drug-likeness (QED) is 0.438. The normalized spacial score (nSPS) is 13.1. The third kappa shape index (κ3) is 8.39. The zero-order valence-electron chi connectivity index (χ0n) is 16.1. The van der Waals surface area contributed by atoms with Crippen LogP contribution in [0.25, 0.3) is 0 Å². The minimum absolute atomic E-state index is 0.0132. The summed E-state index contributed by atoms with van der Waals surface area (Å²) in [6.45, 7) is 1.86. The number of hydrogen-bond donors (Lipinski definition) is 3. The molecule has 158 valence electrons. The van der Waals surface area contributed by atoms with Crippen LogP contribution < -0.4 is 15.4 Å². The summed E-state index contributed by atoms with van der Waals surface area (Å²) in [4.78, 5) is 8.22. The van der Waals surface area contributed by atoms with Crippen molar-refractivity contribution < 1.29 is 23.0 Å². The first-order valence-electron chi connectivity index (χ1n) is 9.23. The number of benzene rings is 1. The maximum atomic E-state index is 12.3. The number of hydrogen-bond acceptors (Lipinski definition) is 4. The second kappa shape index (κ2) is 11.3. The van der Waals surface area contributed by atoms with Crippen molar-refractivity contribution in [3.63, 3.8) is 0 Å². The summed E-state index contributed by atoms with van der Waals surface area (Å²) >= 11 is 0. The minimum atomic E-state index is -4.42. The van der Waals surface area contributed by atoms with Gasteiger partial charge in [-0.25, -0.2) is 9.98 Å². The fourth-order valence-corrected chi connectivity index (χ4v) is 2.53. The molecule has 0 saturated heterocycles. The van der Waals surface area contributed by atoms with Gasteiger partial charge in [0.05, 0.1) is 13.2 Å². The topological polar surface area (TPSA) is 78.8 Å². The lowest BCUT2D eigenvalue weighted by Gasteiger charge is -2.18. The summed E-state index contributed by atoms with van der Waals surface area (Å²) < 4.78 is 41.5. The Kier molecular flexibility index (Phi) is 8.72. The molecule has 6 nitrogen and oxygen atoms in total. The first kappa shape index (κ1) is 22.5. The Morgan fingerprint density at radius 2 is 1.97 bits per heavy atom. The molecule has 0 aliphatic carbocycles. The van der Waals surface area contributed by atoms with Crippen molar-refractivity contribution in [2.75, 3.05) is 26.3 Å². The van der Waals surface area contributed by atoms with Gasteiger partial charge in [-0.3, -0.25) is 0 Å². The Balaban J connectivity index is 1.98.